The molecular formula is C12H7Cl2FN2O2. The van der Waals surface area contributed by atoms with Crippen LogP contribution in [0.2, 0.25) is 10.0 Å². The molecule has 0 aliphatic heterocycles. The summed E-state index contributed by atoms with van der Waals surface area (Å²) in [6, 6.07) is 8.39. The van der Waals surface area contributed by atoms with E-state index >= 15 is 0 Å². The van der Waals surface area contributed by atoms with E-state index in [1.165, 1.54) is 18.2 Å². The molecule has 0 atom stereocenters. The van der Waals surface area contributed by atoms with Gasteiger partial charge in [0.05, 0.1) is 15.6 Å². The monoisotopic (exact) mass is 300 g/mol. The van der Waals surface area contributed by atoms with Crippen molar-refractivity contribution in [2.75, 3.05) is 5.32 Å². The quantitative estimate of drug-likeness (QED) is 0.655. The number of nitrogens with one attached hydrogen (secondary N) is 1. The number of halogens is 3. The summed E-state index contributed by atoms with van der Waals surface area (Å²) in [5, 5.41) is 14.3. The Balaban J connectivity index is 2.44. The smallest absolute Gasteiger partial charge is 0.327 e. The van der Waals surface area contributed by atoms with Crippen molar-refractivity contribution in [2.24, 2.45) is 0 Å². The van der Waals surface area contributed by atoms with E-state index in [9.17, 15) is 14.5 Å². The van der Waals surface area contributed by atoms with Gasteiger partial charge in [0.2, 0.25) is 5.82 Å². The molecule has 0 spiro atoms. The van der Waals surface area contributed by atoms with Crippen LogP contribution in [-0.2, 0) is 0 Å². The molecule has 0 radical (unpaired) electrons. The minimum atomic E-state index is -0.917. The number of anilines is 2. The maximum Gasteiger partial charge on any atom is 0.327 e. The minimum Gasteiger partial charge on any atom is -0.349 e. The van der Waals surface area contributed by atoms with Crippen molar-refractivity contribution in [3.8, 4) is 0 Å². The Morgan fingerprint density at radius 3 is 2.53 bits per heavy atom. The van der Waals surface area contributed by atoms with E-state index < -0.39 is 16.4 Å². The van der Waals surface area contributed by atoms with Crippen molar-refractivity contribution in [1.82, 2.24) is 0 Å². The molecule has 0 unspecified atom stereocenters. The lowest BCUT2D eigenvalue weighted by molar-refractivity contribution is -0.386. The number of benzene rings is 2. The molecule has 0 fully saturated rings. The van der Waals surface area contributed by atoms with Crippen molar-refractivity contribution in [3.63, 3.8) is 0 Å². The Bertz CT molecular complexity index is 650. The first-order valence-electron chi connectivity index (χ1n) is 5.14. The molecule has 0 aromatic heterocycles. The van der Waals surface area contributed by atoms with E-state index in [2.05, 4.69) is 5.32 Å². The van der Waals surface area contributed by atoms with Gasteiger partial charge in [-0.1, -0.05) is 29.3 Å². The first kappa shape index (κ1) is 13.6. The number of hydrogen-bond donors (Lipinski definition) is 1. The summed E-state index contributed by atoms with van der Waals surface area (Å²) < 4.78 is 13.4. The second-order valence-electron chi connectivity index (χ2n) is 3.64. The molecule has 98 valence electrons. The third kappa shape index (κ3) is 2.94. The SMILES string of the molecule is O=[N+]([O-])c1c(F)cccc1Nc1ccc(Cl)cc1Cl. The van der Waals surface area contributed by atoms with Crippen molar-refractivity contribution in [1.29, 1.82) is 0 Å². The van der Waals surface area contributed by atoms with E-state index in [1.807, 2.05) is 0 Å². The fourth-order valence-electron chi connectivity index (χ4n) is 1.54. The molecule has 2 aromatic rings. The molecule has 0 saturated carbocycles. The standard InChI is InChI=1S/C12H7Cl2FN2O2/c13-7-4-5-10(8(14)6-7)16-11-3-1-2-9(15)12(11)17(18)19/h1-6,16H. The molecule has 2 rings (SSSR count). The molecule has 0 saturated heterocycles. The Hall–Kier alpha value is -1.85. The van der Waals surface area contributed by atoms with Gasteiger partial charge in [-0.3, -0.25) is 10.1 Å². The fourth-order valence-corrected chi connectivity index (χ4v) is 1.99. The summed E-state index contributed by atoms with van der Waals surface area (Å²) in [5.41, 5.74) is -0.206. The zero-order valence-electron chi connectivity index (χ0n) is 9.36. The van der Waals surface area contributed by atoms with Gasteiger partial charge in [-0.05, 0) is 30.3 Å². The molecule has 1 N–H and O–H groups in total. The van der Waals surface area contributed by atoms with Gasteiger partial charge in [-0.25, -0.2) is 0 Å². The van der Waals surface area contributed by atoms with Crippen LogP contribution in [0.15, 0.2) is 36.4 Å². The van der Waals surface area contributed by atoms with Crippen LogP contribution < -0.4 is 5.32 Å². The van der Waals surface area contributed by atoms with Gasteiger partial charge < -0.3 is 5.32 Å². The van der Waals surface area contributed by atoms with E-state index in [4.69, 9.17) is 23.2 Å². The summed E-state index contributed by atoms with van der Waals surface area (Å²) >= 11 is 11.7. The molecule has 0 amide bonds. The van der Waals surface area contributed by atoms with Crippen LogP contribution >= 0.6 is 23.2 Å². The molecular weight excluding hydrogens is 294 g/mol. The van der Waals surface area contributed by atoms with Gasteiger partial charge in [0.15, 0.2) is 0 Å². The van der Waals surface area contributed by atoms with Gasteiger partial charge >= 0.3 is 5.69 Å². The summed E-state index contributed by atoms with van der Waals surface area (Å²) in [6.45, 7) is 0. The Kier molecular flexibility index (Phi) is 3.87. The third-order valence-electron chi connectivity index (χ3n) is 2.37. The molecule has 7 heteroatoms. The summed E-state index contributed by atoms with van der Waals surface area (Å²) in [7, 11) is 0. The van der Waals surface area contributed by atoms with Crippen LogP contribution in [0, 0.1) is 15.9 Å². The van der Waals surface area contributed by atoms with Crippen LogP contribution in [0.4, 0.5) is 21.5 Å². The zero-order chi connectivity index (χ0) is 14.0. The van der Waals surface area contributed by atoms with Crippen molar-refractivity contribution in [2.45, 2.75) is 0 Å². The highest BCUT2D eigenvalue weighted by atomic mass is 35.5. The number of nitro benzene ring substituents is 1. The third-order valence-corrected chi connectivity index (χ3v) is 2.92. The molecule has 0 aliphatic rings. The van der Waals surface area contributed by atoms with Gasteiger partial charge in [-0.15, -0.1) is 0 Å². The largest absolute Gasteiger partial charge is 0.349 e. The highest BCUT2D eigenvalue weighted by Gasteiger charge is 2.20. The lowest BCUT2D eigenvalue weighted by Crippen LogP contribution is -1.99. The van der Waals surface area contributed by atoms with E-state index in [1.54, 1.807) is 12.1 Å². The predicted molar refractivity (Wildman–Crippen MR) is 72.8 cm³/mol. The van der Waals surface area contributed by atoms with Gasteiger partial charge in [0.1, 0.15) is 5.69 Å². The average molecular weight is 301 g/mol. The van der Waals surface area contributed by atoms with Crippen LogP contribution in [0.3, 0.4) is 0 Å². The lowest BCUT2D eigenvalue weighted by atomic mass is 10.2. The molecule has 0 aliphatic carbocycles. The predicted octanol–water partition coefficient (Wildman–Crippen LogP) is 4.78. The number of rotatable bonds is 3. The number of para-hydroxylation sites is 1. The number of nitro groups is 1. The number of hydrogen-bond acceptors (Lipinski definition) is 3. The lowest BCUT2D eigenvalue weighted by Gasteiger charge is -2.09. The Morgan fingerprint density at radius 2 is 1.89 bits per heavy atom. The summed E-state index contributed by atoms with van der Waals surface area (Å²) in [5.74, 6) is -0.917. The maximum atomic E-state index is 13.4. The zero-order valence-corrected chi connectivity index (χ0v) is 10.9. The van der Waals surface area contributed by atoms with Crippen molar-refractivity contribution < 1.29 is 9.31 Å². The van der Waals surface area contributed by atoms with Gasteiger partial charge in [-0.2, -0.15) is 4.39 Å². The van der Waals surface area contributed by atoms with Crippen LogP contribution in [0.25, 0.3) is 0 Å². The topological polar surface area (TPSA) is 55.2 Å². The highest BCUT2D eigenvalue weighted by molar-refractivity contribution is 6.36. The Labute approximate surface area is 117 Å². The second kappa shape index (κ2) is 5.42. The highest BCUT2D eigenvalue weighted by Crippen LogP contribution is 2.33. The first-order valence-corrected chi connectivity index (χ1v) is 5.89. The molecule has 2 aromatic carbocycles. The Morgan fingerprint density at radius 1 is 1.16 bits per heavy atom. The summed E-state index contributed by atoms with van der Waals surface area (Å²) in [4.78, 5) is 10.1. The van der Waals surface area contributed by atoms with Crippen molar-refractivity contribution >= 4 is 40.3 Å². The van der Waals surface area contributed by atoms with E-state index in [-0.39, 0.29) is 10.7 Å². The minimum absolute atomic E-state index is 0.0224. The first-order chi connectivity index (χ1) is 8.99. The normalized spacial score (nSPS) is 10.3. The average Bonchev–Trinajstić information content (AvgIpc) is 2.32. The van der Waals surface area contributed by atoms with E-state index in [0.29, 0.717) is 10.7 Å². The molecule has 19 heavy (non-hydrogen) atoms. The summed E-state index contributed by atoms with van der Waals surface area (Å²) in [6.07, 6.45) is 0. The molecule has 0 heterocycles. The van der Waals surface area contributed by atoms with Crippen LogP contribution in [-0.4, -0.2) is 4.92 Å². The number of nitrogens with zero attached hydrogens (tertiary/aromatic N) is 1. The molecule has 0 bridgehead atoms. The maximum absolute atomic E-state index is 13.4. The van der Waals surface area contributed by atoms with Gasteiger partial charge in [0, 0.05) is 5.02 Å². The van der Waals surface area contributed by atoms with E-state index in [0.717, 1.165) is 6.07 Å². The second-order valence-corrected chi connectivity index (χ2v) is 4.49. The molecule has 4 nitrogen and oxygen atoms in total. The fraction of sp³-hybridized carbons (Fsp3) is 0. The van der Waals surface area contributed by atoms with Crippen molar-refractivity contribution in [3.05, 3.63) is 62.4 Å². The van der Waals surface area contributed by atoms with Crippen LogP contribution in [0.1, 0.15) is 0 Å². The van der Waals surface area contributed by atoms with Gasteiger partial charge in [0.25, 0.3) is 0 Å². The van der Waals surface area contributed by atoms with Crippen LogP contribution in [0.5, 0.6) is 0 Å².